The highest BCUT2D eigenvalue weighted by atomic mass is 19.4. The van der Waals surface area contributed by atoms with E-state index in [4.69, 9.17) is 0 Å². The second kappa shape index (κ2) is 8.52. The minimum atomic E-state index is -4.85. The van der Waals surface area contributed by atoms with E-state index in [9.17, 15) is 23.1 Å². The SMILES string of the molecule is O=C(NC/C=C/c1cccc(CCC2(O)CCCCC2)c1)C(F)(F)F. The lowest BCUT2D eigenvalue weighted by molar-refractivity contribution is -0.173. The molecule has 0 bridgehead atoms. The van der Waals surface area contributed by atoms with Crippen LogP contribution >= 0.6 is 0 Å². The zero-order valence-corrected chi connectivity index (χ0v) is 14.1. The van der Waals surface area contributed by atoms with E-state index >= 15 is 0 Å². The molecule has 0 saturated heterocycles. The molecule has 138 valence electrons. The van der Waals surface area contributed by atoms with Gasteiger partial charge in [-0.25, -0.2) is 0 Å². The van der Waals surface area contributed by atoms with Gasteiger partial charge in [-0.2, -0.15) is 13.2 Å². The first kappa shape index (κ1) is 19.5. The van der Waals surface area contributed by atoms with Gasteiger partial charge in [-0.1, -0.05) is 55.7 Å². The van der Waals surface area contributed by atoms with Crippen molar-refractivity contribution in [3.05, 3.63) is 41.5 Å². The van der Waals surface area contributed by atoms with Gasteiger partial charge in [0.25, 0.3) is 0 Å². The van der Waals surface area contributed by atoms with Crippen molar-refractivity contribution in [2.75, 3.05) is 6.54 Å². The molecule has 0 heterocycles. The molecule has 3 nitrogen and oxygen atoms in total. The van der Waals surface area contributed by atoms with Crippen LogP contribution in [-0.2, 0) is 11.2 Å². The van der Waals surface area contributed by atoms with Gasteiger partial charge < -0.3 is 10.4 Å². The van der Waals surface area contributed by atoms with E-state index in [1.165, 1.54) is 12.5 Å². The van der Waals surface area contributed by atoms with Crippen LogP contribution in [0.25, 0.3) is 6.08 Å². The summed E-state index contributed by atoms with van der Waals surface area (Å²) in [6.07, 6.45) is 4.83. The molecule has 1 aliphatic rings. The number of hydrogen-bond donors (Lipinski definition) is 2. The highest BCUT2D eigenvalue weighted by Gasteiger charge is 2.38. The van der Waals surface area contributed by atoms with Crippen molar-refractivity contribution in [3.63, 3.8) is 0 Å². The zero-order valence-electron chi connectivity index (χ0n) is 14.1. The third-order valence-electron chi connectivity index (χ3n) is 4.56. The first-order valence-corrected chi connectivity index (χ1v) is 8.61. The standard InChI is InChI=1S/C19H24F3NO2/c20-19(21,22)17(24)23-13-5-8-15-6-4-7-16(14-15)9-12-18(25)10-2-1-3-11-18/h4-8,14,25H,1-3,9-13H2,(H,23,24)/b8-5+. The van der Waals surface area contributed by atoms with Crippen molar-refractivity contribution in [3.8, 4) is 0 Å². The topological polar surface area (TPSA) is 49.3 Å². The molecule has 0 radical (unpaired) electrons. The smallest absolute Gasteiger partial charge is 0.390 e. The Morgan fingerprint density at radius 2 is 1.96 bits per heavy atom. The average Bonchev–Trinajstić information content (AvgIpc) is 2.57. The number of carbonyl (C=O) groups is 1. The Kier molecular flexibility index (Phi) is 6.64. The summed E-state index contributed by atoms with van der Waals surface area (Å²) in [6.45, 7) is -0.178. The highest BCUT2D eigenvalue weighted by Crippen LogP contribution is 2.31. The molecule has 25 heavy (non-hydrogen) atoms. The molecule has 2 rings (SSSR count). The van der Waals surface area contributed by atoms with Gasteiger partial charge >= 0.3 is 12.1 Å². The molecule has 0 unspecified atom stereocenters. The highest BCUT2D eigenvalue weighted by molar-refractivity contribution is 5.81. The molecule has 1 amide bonds. The van der Waals surface area contributed by atoms with Gasteiger partial charge in [0.1, 0.15) is 0 Å². The quantitative estimate of drug-likeness (QED) is 0.810. The molecule has 1 aromatic rings. The molecule has 1 aromatic carbocycles. The molecule has 0 aromatic heterocycles. The summed E-state index contributed by atoms with van der Waals surface area (Å²) in [7, 11) is 0. The number of aryl methyl sites for hydroxylation is 1. The van der Waals surface area contributed by atoms with E-state index in [2.05, 4.69) is 0 Å². The molecule has 0 atom stereocenters. The van der Waals surface area contributed by atoms with Crippen LogP contribution in [0.5, 0.6) is 0 Å². The molecule has 6 heteroatoms. The van der Waals surface area contributed by atoms with E-state index in [0.717, 1.165) is 49.7 Å². The Labute approximate surface area is 145 Å². The number of amides is 1. The Bertz CT molecular complexity index is 605. The Morgan fingerprint density at radius 1 is 1.24 bits per heavy atom. The molecule has 0 spiro atoms. The lowest BCUT2D eigenvalue weighted by atomic mass is 9.81. The van der Waals surface area contributed by atoms with Crippen LogP contribution in [0.4, 0.5) is 13.2 Å². The molecule has 1 aliphatic carbocycles. The molecule has 1 saturated carbocycles. The van der Waals surface area contributed by atoms with E-state index in [1.807, 2.05) is 24.3 Å². The monoisotopic (exact) mass is 355 g/mol. The third kappa shape index (κ3) is 6.53. The second-order valence-electron chi connectivity index (χ2n) is 6.64. The van der Waals surface area contributed by atoms with E-state index < -0.39 is 17.7 Å². The van der Waals surface area contributed by atoms with Crippen LogP contribution in [0.2, 0.25) is 0 Å². The molecular formula is C19H24F3NO2. The third-order valence-corrected chi connectivity index (χ3v) is 4.56. The summed E-state index contributed by atoms with van der Waals surface area (Å²) in [6, 6.07) is 7.67. The van der Waals surface area contributed by atoms with Crippen molar-refractivity contribution >= 4 is 12.0 Å². The molecule has 2 N–H and O–H groups in total. The van der Waals surface area contributed by atoms with Crippen molar-refractivity contribution in [2.24, 2.45) is 0 Å². The van der Waals surface area contributed by atoms with E-state index in [-0.39, 0.29) is 6.54 Å². The summed E-state index contributed by atoms with van der Waals surface area (Å²) < 4.78 is 36.2. The normalized spacial score (nSPS) is 17.6. The predicted octanol–water partition coefficient (Wildman–Crippen LogP) is 4.01. The predicted molar refractivity (Wildman–Crippen MR) is 90.9 cm³/mol. The van der Waals surface area contributed by atoms with Crippen LogP contribution in [0.1, 0.15) is 49.7 Å². The maximum absolute atomic E-state index is 12.1. The largest absolute Gasteiger partial charge is 0.471 e. The average molecular weight is 355 g/mol. The maximum Gasteiger partial charge on any atom is 0.471 e. The maximum atomic E-state index is 12.1. The summed E-state index contributed by atoms with van der Waals surface area (Å²) in [4.78, 5) is 10.7. The first-order valence-electron chi connectivity index (χ1n) is 8.61. The van der Waals surface area contributed by atoms with Crippen molar-refractivity contribution < 1.29 is 23.1 Å². The van der Waals surface area contributed by atoms with Gasteiger partial charge in [0, 0.05) is 6.54 Å². The summed E-state index contributed by atoms with van der Waals surface area (Å²) in [5.41, 5.74) is 1.38. The molecular weight excluding hydrogens is 331 g/mol. The van der Waals surface area contributed by atoms with Crippen LogP contribution in [0, 0.1) is 0 Å². The Hall–Kier alpha value is -1.82. The Morgan fingerprint density at radius 3 is 2.64 bits per heavy atom. The summed E-state index contributed by atoms with van der Waals surface area (Å²) in [5, 5.41) is 12.3. The van der Waals surface area contributed by atoms with Gasteiger partial charge in [0.15, 0.2) is 0 Å². The minimum Gasteiger partial charge on any atom is -0.390 e. The molecule has 1 fully saturated rings. The van der Waals surface area contributed by atoms with E-state index in [0.29, 0.717) is 0 Å². The van der Waals surface area contributed by atoms with E-state index in [1.54, 1.807) is 11.4 Å². The van der Waals surface area contributed by atoms with Crippen molar-refractivity contribution in [1.82, 2.24) is 5.32 Å². The van der Waals surface area contributed by atoms with Crippen LogP contribution in [0.15, 0.2) is 30.3 Å². The number of alkyl halides is 3. The number of halogens is 3. The number of rotatable bonds is 6. The van der Waals surface area contributed by atoms with Gasteiger partial charge in [0.2, 0.25) is 0 Å². The minimum absolute atomic E-state index is 0.178. The number of nitrogens with one attached hydrogen (secondary N) is 1. The van der Waals surface area contributed by atoms with Gasteiger partial charge in [-0.15, -0.1) is 0 Å². The van der Waals surface area contributed by atoms with Crippen LogP contribution in [-0.4, -0.2) is 29.3 Å². The second-order valence-corrected chi connectivity index (χ2v) is 6.64. The lowest BCUT2D eigenvalue weighted by Gasteiger charge is -2.32. The zero-order chi connectivity index (χ0) is 18.3. The van der Waals surface area contributed by atoms with Crippen molar-refractivity contribution in [1.29, 1.82) is 0 Å². The number of benzene rings is 1. The lowest BCUT2D eigenvalue weighted by Crippen LogP contribution is -2.36. The van der Waals surface area contributed by atoms with Gasteiger partial charge in [-0.05, 0) is 36.8 Å². The first-order chi connectivity index (χ1) is 11.8. The van der Waals surface area contributed by atoms with Crippen molar-refractivity contribution in [2.45, 2.75) is 56.7 Å². The van der Waals surface area contributed by atoms with Crippen LogP contribution < -0.4 is 5.32 Å². The molecule has 0 aliphatic heterocycles. The fourth-order valence-corrected chi connectivity index (χ4v) is 3.14. The van der Waals surface area contributed by atoms with Gasteiger partial charge in [0.05, 0.1) is 5.60 Å². The fourth-order valence-electron chi connectivity index (χ4n) is 3.14. The summed E-state index contributed by atoms with van der Waals surface area (Å²) in [5.74, 6) is -1.94. The van der Waals surface area contributed by atoms with Gasteiger partial charge in [-0.3, -0.25) is 4.79 Å². The summed E-state index contributed by atoms with van der Waals surface area (Å²) >= 11 is 0. The van der Waals surface area contributed by atoms with Crippen LogP contribution in [0.3, 0.4) is 0 Å². The number of hydrogen-bond acceptors (Lipinski definition) is 2. The number of carbonyl (C=O) groups excluding carboxylic acids is 1. The Balaban J connectivity index is 1.84. The number of aliphatic hydroxyl groups is 1. The fraction of sp³-hybridized carbons (Fsp3) is 0.526.